The third-order valence-electron chi connectivity index (χ3n) is 0.462. The summed E-state index contributed by atoms with van der Waals surface area (Å²) in [5, 5.41) is 0. The topological polar surface area (TPSA) is 54.4 Å². The Hall–Kier alpha value is 1.39. The number of hydrogen-bond donors (Lipinski definition) is 1. The van der Waals surface area contributed by atoms with Crippen molar-refractivity contribution in [2.75, 3.05) is 5.75 Å². The molecule has 0 saturated heterocycles. The van der Waals surface area contributed by atoms with E-state index in [9.17, 15) is 8.42 Å². The maximum absolute atomic E-state index is 9.79. The van der Waals surface area contributed by atoms with Gasteiger partial charge in [0.2, 0.25) is 0 Å². The van der Waals surface area contributed by atoms with Crippen molar-refractivity contribution in [3.8, 4) is 0 Å². The van der Waals surface area contributed by atoms with Gasteiger partial charge in [0.1, 0.15) is 0 Å². The van der Waals surface area contributed by atoms with E-state index < -0.39 is 10.1 Å². The van der Waals surface area contributed by atoms with Crippen LogP contribution in [0.15, 0.2) is 0 Å². The summed E-state index contributed by atoms with van der Waals surface area (Å²) in [6.07, 6.45) is 0.471. The minimum atomic E-state index is -3.67. The molecule has 0 heterocycles. The maximum atomic E-state index is 9.79. The van der Waals surface area contributed by atoms with E-state index in [1.165, 1.54) is 0 Å². The fraction of sp³-hybridized carbons (Fsp3) is 1.00. The van der Waals surface area contributed by atoms with Gasteiger partial charge < -0.3 is 0 Å². The van der Waals surface area contributed by atoms with Gasteiger partial charge in [0, 0.05) is 0 Å². The van der Waals surface area contributed by atoms with Gasteiger partial charge in [0.15, 0.2) is 0 Å². The molecule has 0 saturated carbocycles. The molecule has 0 amide bonds. The molecule has 0 spiro atoms. The van der Waals surface area contributed by atoms with Gasteiger partial charge in [-0.05, 0) is 6.42 Å². The zero-order chi connectivity index (χ0) is 5.91. The van der Waals surface area contributed by atoms with E-state index in [0.29, 0.717) is 6.42 Å². The predicted molar refractivity (Wildman–Crippen MR) is 35.3 cm³/mol. The Kier molecular flexibility index (Phi) is 7.86. The Labute approximate surface area is 86.5 Å². The van der Waals surface area contributed by atoms with Gasteiger partial charge in [0.05, 0.1) is 5.75 Å². The summed E-state index contributed by atoms with van der Waals surface area (Å²) in [6, 6.07) is 0. The van der Waals surface area contributed by atoms with E-state index in [2.05, 4.69) is 0 Å². The molecule has 0 rings (SSSR count). The van der Waals surface area contributed by atoms with Crippen LogP contribution in [0.1, 0.15) is 13.3 Å². The van der Waals surface area contributed by atoms with E-state index in [4.69, 9.17) is 4.55 Å². The first-order chi connectivity index (χ1) is 3.06. The second-order valence-corrected chi connectivity index (χ2v) is 2.86. The van der Waals surface area contributed by atoms with E-state index in [0.717, 1.165) is 0 Å². The molecule has 0 unspecified atom stereocenters. The van der Waals surface area contributed by atoms with Crippen molar-refractivity contribution in [2.45, 2.75) is 13.3 Å². The normalized spacial score (nSPS) is 10.2. The molecule has 0 aromatic rings. The van der Waals surface area contributed by atoms with E-state index >= 15 is 0 Å². The zero-order valence-corrected chi connectivity index (χ0v) is 4.90. The van der Waals surface area contributed by atoms with Crippen LogP contribution < -0.4 is 0 Å². The van der Waals surface area contributed by atoms with Crippen molar-refractivity contribution in [3.05, 3.63) is 0 Å². The van der Waals surface area contributed by atoms with Gasteiger partial charge in [-0.3, -0.25) is 4.55 Å². The SMILES string of the molecule is CCCS(=O)(=O)O.[SrH2]. The summed E-state index contributed by atoms with van der Waals surface area (Å²) in [5.41, 5.74) is 0. The summed E-state index contributed by atoms with van der Waals surface area (Å²) in [7, 11) is -3.67. The molecule has 0 radical (unpaired) electrons. The molecule has 8 heavy (non-hydrogen) atoms. The molecule has 0 aliphatic carbocycles. The molecule has 3 nitrogen and oxygen atoms in total. The Morgan fingerprint density at radius 1 is 1.50 bits per heavy atom. The molecule has 0 atom stereocenters. The van der Waals surface area contributed by atoms with Crippen LogP contribution in [0.4, 0.5) is 0 Å². The third kappa shape index (κ3) is 10.4. The standard InChI is InChI=1S/C3H8O3S.Sr.2H/c1-2-3-7(4,5)6;;;/h2-3H2,1H3,(H,4,5,6);;;. The average molecular weight is 214 g/mol. The first kappa shape index (κ1) is 12.1. The van der Waals surface area contributed by atoms with Crippen LogP contribution in [-0.4, -0.2) is 64.2 Å². The summed E-state index contributed by atoms with van der Waals surface area (Å²) >= 11 is 0. The van der Waals surface area contributed by atoms with Gasteiger partial charge in [0.25, 0.3) is 10.1 Å². The predicted octanol–water partition coefficient (Wildman–Crippen LogP) is -0.632. The van der Waals surface area contributed by atoms with Crippen LogP contribution in [0.3, 0.4) is 0 Å². The first-order valence-corrected chi connectivity index (χ1v) is 3.62. The summed E-state index contributed by atoms with van der Waals surface area (Å²) < 4.78 is 27.6. The summed E-state index contributed by atoms with van der Waals surface area (Å²) in [6.45, 7) is 1.69. The minimum absolute atomic E-state index is 0. The second-order valence-electron chi connectivity index (χ2n) is 1.29. The van der Waals surface area contributed by atoms with Gasteiger partial charge >= 0.3 is 45.5 Å². The molecular weight excluding hydrogens is 204 g/mol. The van der Waals surface area contributed by atoms with Crippen LogP contribution in [0, 0.1) is 0 Å². The van der Waals surface area contributed by atoms with Crippen molar-refractivity contribution in [2.24, 2.45) is 0 Å². The first-order valence-electron chi connectivity index (χ1n) is 2.01. The molecule has 0 fully saturated rings. The van der Waals surface area contributed by atoms with Crippen molar-refractivity contribution >= 4 is 55.6 Å². The van der Waals surface area contributed by atoms with Crippen LogP contribution >= 0.6 is 0 Å². The molecule has 0 aromatic carbocycles. The van der Waals surface area contributed by atoms with Crippen LogP contribution in [0.2, 0.25) is 0 Å². The van der Waals surface area contributed by atoms with Crippen LogP contribution in [-0.2, 0) is 10.1 Å². The monoisotopic (exact) mass is 214 g/mol. The molecule has 0 aliphatic rings. The number of hydrogen-bond acceptors (Lipinski definition) is 2. The van der Waals surface area contributed by atoms with Gasteiger partial charge in [-0.2, -0.15) is 8.42 Å². The quantitative estimate of drug-likeness (QED) is 0.491. The zero-order valence-electron chi connectivity index (χ0n) is 4.09. The van der Waals surface area contributed by atoms with Gasteiger partial charge in [-0.15, -0.1) is 0 Å². The van der Waals surface area contributed by atoms with Crippen molar-refractivity contribution in [1.29, 1.82) is 0 Å². The second kappa shape index (κ2) is 5.20. The fourth-order valence-corrected chi connectivity index (χ4v) is 0.774. The fourth-order valence-electron chi connectivity index (χ4n) is 0.258. The van der Waals surface area contributed by atoms with E-state index in [-0.39, 0.29) is 51.2 Å². The Morgan fingerprint density at radius 2 is 1.88 bits per heavy atom. The molecule has 5 heteroatoms. The summed E-state index contributed by atoms with van der Waals surface area (Å²) in [5.74, 6) is -0.132. The molecule has 0 bridgehead atoms. The molecule has 0 aromatic heterocycles. The van der Waals surface area contributed by atoms with Crippen LogP contribution in [0.5, 0.6) is 0 Å². The third-order valence-corrected chi connectivity index (χ3v) is 1.39. The Balaban J connectivity index is 0. The summed E-state index contributed by atoms with van der Waals surface area (Å²) in [4.78, 5) is 0. The van der Waals surface area contributed by atoms with Crippen molar-refractivity contribution in [1.82, 2.24) is 0 Å². The van der Waals surface area contributed by atoms with Crippen molar-refractivity contribution in [3.63, 3.8) is 0 Å². The van der Waals surface area contributed by atoms with E-state index in [1.54, 1.807) is 6.92 Å². The Morgan fingerprint density at radius 3 is 1.88 bits per heavy atom. The Bertz CT molecular complexity index is 127. The molecular formula is C3H10O3SSr. The van der Waals surface area contributed by atoms with E-state index in [1.807, 2.05) is 0 Å². The van der Waals surface area contributed by atoms with Crippen molar-refractivity contribution < 1.29 is 13.0 Å². The molecule has 0 aliphatic heterocycles. The molecule has 48 valence electrons. The number of rotatable bonds is 2. The van der Waals surface area contributed by atoms with Gasteiger partial charge in [-0.1, -0.05) is 6.92 Å². The average Bonchev–Trinajstić information content (AvgIpc) is 1.30. The molecule has 1 N–H and O–H groups in total. The van der Waals surface area contributed by atoms with Gasteiger partial charge in [-0.25, -0.2) is 0 Å². The van der Waals surface area contributed by atoms with Crippen LogP contribution in [0.25, 0.3) is 0 Å².